The molecule has 1 atom stereocenters. The Hall–Kier alpha value is -0.160. The first-order valence-corrected chi connectivity index (χ1v) is 9.10. The van der Waals surface area contributed by atoms with Crippen LogP contribution in [0.2, 0.25) is 0 Å². The minimum atomic E-state index is 0.190. The third-order valence-electron chi connectivity index (χ3n) is 3.02. The van der Waals surface area contributed by atoms with Gasteiger partial charge in [0.2, 0.25) is 0 Å². The monoisotopic (exact) mass is 458 g/mol. The van der Waals surface area contributed by atoms with Crippen LogP contribution in [0.25, 0.3) is 10.1 Å². The molecule has 0 N–H and O–H groups in total. The van der Waals surface area contributed by atoms with Crippen molar-refractivity contribution in [1.82, 2.24) is 0 Å². The third-order valence-corrected chi connectivity index (χ3v) is 6.20. The summed E-state index contributed by atoms with van der Waals surface area (Å²) >= 11 is 12.8. The summed E-state index contributed by atoms with van der Waals surface area (Å²) in [7, 11) is 0. The standard InChI is InChI=1S/C15H9Br3S/c16-9-5-6-13(17)11(7-9)15(18)12-8-19-14-4-2-1-3-10(12)14/h1-8,15H. The Morgan fingerprint density at radius 2 is 1.74 bits per heavy atom. The number of hydrogen-bond acceptors (Lipinski definition) is 1. The van der Waals surface area contributed by atoms with Crippen molar-refractivity contribution in [3.8, 4) is 0 Å². The van der Waals surface area contributed by atoms with E-state index in [0.29, 0.717) is 0 Å². The van der Waals surface area contributed by atoms with E-state index in [1.54, 1.807) is 11.3 Å². The van der Waals surface area contributed by atoms with Gasteiger partial charge in [0.25, 0.3) is 0 Å². The summed E-state index contributed by atoms with van der Waals surface area (Å²) in [6.07, 6.45) is 0. The zero-order valence-corrected chi connectivity index (χ0v) is 15.3. The molecule has 3 rings (SSSR count). The molecule has 0 saturated heterocycles. The Kier molecular flexibility index (Phi) is 4.13. The fourth-order valence-corrected chi connectivity index (χ4v) is 5.15. The van der Waals surface area contributed by atoms with Crippen molar-refractivity contribution in [2.45, 2.75) is 4.83 Å². The fraction of sp³-hybridized carbons (Fsp3) is 0.0667. The highest BCUT2D eigenvalue weighted by Crippen LogP contribution is 2.41. The number of rotatable bonds is 2. The molecule has 0 fully saturated rings. The van der Waals surface area contributed by atoms with Gasteiger partial charge in [-0.05, 0) is 46.2 Å². The minimum Gasteiger partial charge on any atom is -0.143 e. The van der Waals surface area contributed by atoms with E-state index < -0.39 is 0 Å². The number of benzene rings is 2. The molecule has 1 unspecified atom stereocenters. The lowest BCUT2D eigenvalue weighted by Gasteiger charge is -2.12. The number of alkyl halides is 1. The number of thiophene rings is 1. The third kappa shape index (κ3) is 2.68. The summed E-state index contributed by atoms with van der Waals surface area (Å²) < 4.78 is 3.54. The summed E-state index contributed by atoms with van der Waals surface area (Å²) in [5.41, 5.74) is 2.55. The van der Waals surface area contributed by atoms with E-state index >= 15 is 0 Å². The molecule has 19 heavy (non-hydrogen) atoms. The van der Waals surface area contributed by atoms with Crippen LogP contribution in [0.1, 0.15) is 16.0 Å². The zero-order valence-electron chi connectivity index (χ0n) is 9.74. The Morgan fingerprint density at radius 1 is 0.947 bits per heavy atom. The zero-order chi connectivity index (χ0) is 13.4. The van der Waals surface area contributed by atoms with Crippen molar-refractivity contribution in [3.05, 3.63) is 67.9 Å². The molecular weight excluding hydrogens is 452 g/mol. The Bertz CT molecular complexity index is 733. The molecule has 0 radical (unpaired) electrons. The highest BCUT2D eigenvalue weighted by molar-refractivity contribution is 9.11. The first kappa shape index (κ1) is 13.8. The molecule has 2 aromatic carbocycles. The quantitative estimate of drug-likeness (QED) is 0.364. The van der Waals surface area contributed by atoms with E-state index in [0.717, 1.165) is 8.95 Å². The van der Waals surface area contributed by atoms with Crippen LogP contribution in [0.5, 0.6) is 0 Å². The Balaban J connectivity index is 2.13. The molecule has 0 bridgehead atoms. The molecule has 0 aliphatic heterocycles. The van der Waals surface area contributed by atoms with Crippen LogP contribution < -0.4 is 0 Å². The molecule has 0 aliphatic carbocycles. The lowest BCUT2D eigenvalue weighted by atomic mass is 10.0. The lowest BCUT2D eigenvalue weighted by molar-refractivity contribution is 1.19. The molecule has 0 aliphatic rings. The SMILES string of the molecule is Brc1ccc(Br)c(C(Br)c2csc3ccccc23)c1. The number of hydrogen-bond donors (Lipinski definition) is 0. The van der Waals surface area contributed by atoms with Crippen LogP contribution in [0.4, 0.5) is 0 Å². The van der Waals surface area contributed by atoms with Gasteiger partial charge in [0.05, 0.1) is 4.83 Å². The molecular formula is C15H9Br3S. The largest absolute Gasteiger partial charge is 0.143 e. The van der Waals surface area contributed by atoms with Gasteiger partial charge in [0, 0.05) is 13.6 Å². The summed E-state index contributed by atoms with van der Waals surface area (Å²) in [6, 6.07) is 14.8. The van der Waals surface area contributed by atoms with E-state index in [4.69, 9.17) is 0 Å². The maximum Gasteiger partial charge on any atom is 0.0670 e. The van der Waals surface area contributed by atoms with E-state index in [-0.39, 0.29) is 4.83 Å². The molecule has 96 valence electrons. The molecule has 0 amide bonds. The molecule has 1 heterocycles. The molecule has 0 saturated carbocycles. The predicted octanol–water partition coefficient (Wildman–Crippen LogP) is 6.91. The maximum absolute atomic E-state index is 3.84. The molecule has 1 aromatic heterocycles. The van der Waals surface area contributed by atoms with E-state index in [9.17, 15) is 0 Å². The number of halogens is 3. The van der Waals surface area contributed by atoms with Crippen molar-refractivity contribution in [2.75, 3.05) is 0 Å². The van der Waals surface area contributed by atoms with Crippen molar-refractivity contribution < 1.29 is 0 Å². The van der Waals surface area contributed by atoms with Crippen LogP contribution in [-0.2, 0) is 0 Å². The van der Waals surface area contributed by atoms with Crippen molar-refractivity contribution in [2.24, 2.45) is 0 Å². The Labute approximate surface area is 141 Å². The minimum absolute atomic E-state index is 0.190. The lowest BCUT2D eigenvalue weighted by Crippen LogP contribution is -1.93. The molecule has 4 heteroatoms. The normalized spacial score (nSPS) is 12.8. The van der Waals surface area contributed by atoms with Gasteiger partial charge >= 0.3 is 0 Å². The second kappa shape index (κ2) is 5.68. The van der Waals surface area contributed by atoms with E-state index in [1.807, 2.05) is 6.07 Å². The smallest absolute Gasteiger partial charge is 0.0670 e. The van der Waals surface area contributed by atoms with Crippen LogP contribution >= 0.6 is 59.1 Å². The second-order valence-electron chi connectivity index (χ2n) is 4.22. The van der Waals surface area contributed by atoms with Crippen LogP contribution in [0, 0.1) is 0 Å². The summed E-state index contributed by atoms with van der Waals surface area (Å²) in [6.45, 7) is 0. The van der Waals surface area contributed by atoms with Gasteiger partial charge in [-0.15, -0.1) is 11.3 Å². The van der Waals surface area contributed by atoms with E-state index in [2.05, 4.69) is 89.6 Å². The summed E-state index contributed by atoms with van der Waals surface area (Å²) in [5.74, 6) is 0. The van der Waals surface area contributed by atoms with Gasteiger partial charge < -0.3 is 0 Å². The van der Waals surface area contributed by atoms with Gasteiger partial charge in [0.15, 0.2) is 0 Å². The highest BCUT2D eigenvalue weighted by Gasteiger charge is 2.17. The van der Waals surface area contributed by atoms with Crippen molar-refractivity contribution in [1.29, 1.82) is 0 Å². The second-order valence-corrected chi connectivity index (χ2v) is 7.81. The van der Waals surface area contributed by atoms with Gasteiger partial charge in [0.1, 0.15) is 0 Å². The maximum atomic E-state index is 3.84. The van der Waals surface area contributed by atoms with E-state index in [1.165, 1.54) is 21.2 Å². The summed E-state index contributed by atoms with van der Waals surface area (Å²) in [4.78, 5) is 0.190. The van der Waals surface area contributed by atoms with Gasteiger partial charge in [-0.3, -0.25) is 0 Å². The van der Waals surface area contributed by atoms with Gasteiger partial charge in [-0.1, -0.05) is 66.0 Å². The van der Waals surface area contributed by atoms with Crippen LogP contribution in [-0.4, -0.2) is 0 Å². The first-order chi connectivity index (χ1) is 9.16. The van der Waals surface area contributed by atoms with Crippen molar-refractivity contribution >= 4 is 69.2 Å². The van der Waals surface area contributed by atoms with Gasteiger partial charge in [-0.25, -0.2) is 0 Å². The highest BCUT2D eigenvalue weighted by atomic mass is 79.9. The van der Waals surface area contributed by atoms with Crippen LogP contribution in [0.3, 0.4) is 0 Å². The Morgan fingerprint density at radius 3 is 2.58 bits per heavy atom. The topological polar surface area (TPSA) is 0 Å². The molecule has 0 nitrogen and oxygen atoms in total. The fourth-order valence-electron chi connectivity index (χ4n) is 2.07. The number of fused-ring (bicyclic) bond motifs is 1. The summed E-state index contributed by atoms with van der Waals surface area (Å²) in [5, 5.41) is 3.55. The van der Waals surface area contributed by atoms with Crippen LogP contribution in [0.15, 0.2) is 56.8 Å². The molecule has 3 aromatic rings. The van der Waals surface area contributed by atoms with Gasteiger partial charge in [-0.2, -0.15) is 0 Å². The molecule has 0 spiro atoms. The first-order valence-electron chi connectivity index (χ1n) is 5.72. The van der Waals surface area contributed by atoms with Crippen molar-refractivity contribution in [3.63, 3.8) is 0 Å². The average Bonchev–Trinajstić information content (AvgIpc) is 2.84. The average molecular weight is 461 g/mol. The predicted molar refractivity (Wildman–Crippen MR) is 94.4 cm³/mol.